The van der Waals surface area contributed by atoms with E-state index < -0.39 is 23.5 Å². The van der Waals surface area contributed by atoms with E-state index in [1.165, 1.54) is 0 Å². The Balaban J connectivity index is 1.67. The zero-order valence-corrected chi connectivity index (χ0v) is 16.4. The number of aromatic amines is 1. The fourth-order valence-electron chi connectivity index (χ4n) is 4.23. The quantitative estimate of drug-likeness (QED) is 0.467. The third kappa shape index (κ3) is 2.64. The van der Waals surface area contributed by atoms with Crippen molar-refractivity contribution in [3.8, 4) is 0 Å². The van der Waals surface area contributed by atoms with Gasteiger partial charge in [-0.2, -0.15) is 0 Å². The second-order valence-electron chi connectivity index (χ2n) is 7.43. The minimum atomic E-state index is -0.686. The minimum absolute atomic E-state index is 0.0530. The maximum Gasteiger partial charge on any atom is 0.290 e. The fraction of sp³-hybridized carbons (Fsp3) is 0.167. The molecule has 0 aliphatic carbocycles. The van der Waals surface area contributed by atoms with Gasteiger partial charge >= 0.3 is 0 Å². The zero-order valence-electron chi connectivity index (χ0n) is 16.4. The van der Waals surface area contributed by atoms with Gasteiger partial charge < -0.3 is 19.4 Å². The van der Waals surface area contributed by atoms with Crippen LogP contribution in [0.4, 0.5) is 0 Å². The van der Waals surface area contributed by atoms with Gasteiger partial charge in [0.2, 0.25) is 5.78 Å². The Hall–Kier alpha value is -3.80. The molecule has 2 aromatic heterocycles. The number of hydrogen-bond acceptors (Lipinski definition) is 4. The standard InChI is InChI=1S/C24H20N2O4/c1-2-11-26-21(16-13-25-17-9-5-4-8-15(16)17)20(23(28)24(26)29)22(27)19-12-14-7-3-6-10-18(14)30-19/h3-10,12-13,21,25,28H,2,11H2,1H3. The number of H-pyrrole nitrogens is 1. The normalized spacial score (nSPS) is 16.9. The summed E-state index contributed by atoms with van der Waals surface area (Å²) in [6, 6.07) is 16.0. The summed E-state index contributed by atoms with van der Waals surface area (Å²) in [5.41, 5.74) is 2.31. The first kappa shape index (κ1) is 18.2. The van der Waals surface area contributed by atoms with Gasteiger partial charge in [-0.3, -0.25) is 9.59 Å². The molecule has 0 fully saturated rings. The number of nitrogens with zero attached hydrogens (tertiary/aromatic N) is 1. The molecule has 1 atom stereocenters. The van der Waals surface area contributed by atoms with Gasteiger partial charge in [0.1, 0.15) is 5.58 Å². The number of nitrogens with one attached hydrogen (secondary N) is 1. The molecule has 0 saturated carbocycles. The number of aromatic nitrogens is 1. The van der Waals surface area contributed by atoms with Crippen molar-refractivity contribution in [2.24, 2.45) is 0 Å². The van der Waals surface area contributed by atoms with E-state index >= 15 is 0 Å². The Morgan fingerprint density at radius 1 is 1.17 bits per heavy atom. The van der Waals surface area contributed by atoms with Gasteiger partial charge in [-0.1, -0.05) is 43.3 Å². The minimum Gasteiger partial charge on any atom is -0.503 e. The molecule has 3 heterocycles. The summed E-state index contributed by atoms with van der Waals surface area (Å²) in [6.45, 7) is 2.37. The highest BCUT2D eigenvalue weighted by Gasteiger charge is 2.45. The van der Waals surface area contributed by atoms with Crippen LogP contribution in [-0.2, 0) is 4.79 Å². The molecule has 2 N–H and O–H groups in total. The first-order chi connectivity index (χ1) is 14.6. The topological polar surface area (TPSA) is 86.5 Å². The first-order valence-electron chi connectivity index (χ1n) is 9.93. The van der Waals surface area contributed by atoms with Gasteiger partial charge in [-0.15, -0.1) is 0 Å². The summed E-state index contributed by atoms with van der Waals surface area (Å²) >= 11 is 0. The van der Waals surface area contributed by atoms with Gasteiger partial charge in [-0.05, 0) is 24.6 Å². The number of aliphatic hydroxyl groups is 1. The third-order valence-electron chi connectivity index (χ3n) is 5.58. The van der Waals surface area contributed by atoms with Crippen molar-refractivity contribution in [1.29, 1.82) is 0 Å². The number of para-hydroxylation sites is 2. The average molecular weight is 400 g/mol. The van der Waals surface area contributed by atoms with Gasteiger partial charge in [0.15, 0.2) is 11.5 Å². The molecule has 1 amide bonds. The van der Waals surface area contributed by atoms with E-state index in [0.29, 0.717) is 18.5 Å². The van der Waals surface area contributed by atoms with Crippen LogP contribution in [0.1, 0.15) is 35.5 Å². The van der Waals surface area contributed by atoms with Crippen LogP contribution < -0.4 is 0 Å². The molecular formula is C24H20N2O4. The van der Waals surface area contributed by atoms with E-state index in [4.69, 9.17) is 4.42 Å². The molecule has 5 rings (SSSR count). The van der Waals surface area contributed by atoms with Crippen molar-refractivity contribution in [2.45, 2.75) is 19.4 Å². The number of fused-ring (bicyclic) bond motifs is 2. The van der Waals surface area contributed by atoms with Crippen molar-refractivity contribution in [3.63, 3.8) is 0 Å². The van der Waals surface area contributed by atoms with E-state index in [1.807, 2.05) is 49.4 Å². The number of ketones is 1. The molecule has 6 heteroatoms. The van der Waals surface area contributed by atoms with Crippen LogP contribution in [0.25, 0.3) is 21.9 Å². The summed E-state index contributed by atoms with van der Waals surface area (Å²) in [4.78, 5) is 31.1. The smallest absolute Gasteiger partial charge is 0.290 e. The largest absolute Gasteiger partial charge is 0.503 e. The second-order valence-corrected chi connectivity index (χ2v) is 7.43. The molecular weight excluding hydrogens is 380 g/mol. The maximum absolute atomic E-state index is 13.5. The molecule has 0 radical (unpaired) electrons. The summed E-state index contributed by atoms with van der Waals surface area (Å²) in [5, 5.41) is 12.4. The number of aliphatic hydroxyl groups excluding tert-OH is 1. The Labute approximate surface area is 172 Å². The van der Waals surface area contributed by atoms with Crippen LogP contribution in [0.5, 0.6) is 0 Å². The Morgan fingerprint density at radius 2 is 1.93 bits per heavy atom. The number of Topliss-reactive ketones (excluding diaryl/α,β-unsaturated/α-hetero) is 1. The van der Waals surface area contributed by atoms with Crippen molar-refractivity contribution in [3.05, 3.63) is 83.5 Å². The molecule has 150 valence electrons. The van der Waals surface area contributed by atoms with E-state index in [0.717, 1.165) is 21.9 Å². The van der Waals surface area contributed by atoms with Crippen LogP contribution in [0.3, 0.4) is 0 Å². The summed E-state index contributed by atoms with van der Waals surface area (Å²) in [6.07, 6.45) is 2.50. The van der Waals surface area contributed by atoms with Crippen LogP contribution in [-0.4, -0.2) is 33.2 Å². The summed E-state index contributed by atoms with van der Waals surface area (Å²) < 4.78 is 5.74. The zero-order chi connectivity index (χ0) is 20.8. The Kier molecular flexibility index (Phi) is 4.20. The fourth-order valence-corrected chi connectivity index (χ4v) is 4.23. The van der Waals surface area contributed by atoms with Crippen LogP contribution in [0.2, 0.25) is 0 Å². The van der Waals surface area contributed by atoms with Crippen molar-refractivity contribution < 1.29 is 19.1 Å². The second kappa shape index (κ2) is 6.91. The molecule has 4 aromatic rings. The monoisotopic (exact) mass is 400 g/mol. The SMILES string of the molecule is CCCN1C(=O)C(O)=C(C(=O)c2cc3ccccc3o2)C1c1c[nH]c2ccccc12. The van der Waals surface area contributed by atoms with E-state index in [2.05, 4.69) is 4.98 Å². The predicted octanol–water partition coefficient (Wildman–Crippen LogP) is 4.90. The summed E-state index contributed by atoms with van der Waals surface area (Å²) in [5.74, 6) is -1.42. The lowest BCUT2D eigenvalue weighted by Gasteiger charge is -2.25. The molecule has 0 bridgehead atoms. The van der Waals surface area contributed by atoms with Crippen LogP contribution in [0.15, 0.2) is 76.5 Å². The predicted molar refractivity (Wildman–Crippen MR) is 113 cm³/mol. The number of furan rings is 1. The van der Waals surface area contributed by atoms with E-state index in [1.54, 1.807) is 23.2 Å². The number of amides is 1. The Morgan fingerprint density at radius 3 is 2.73 bits per heavy atom. The lowest BCUT2D eigenvalue weighted by Crippen LogP contribution is -2.31. The maximum atomic E-state index is 13.5. The van der Waals surface area contributed by atoms with E-state index in [9.17, 15) is 14.7 Å². The van der Waals surface area contributed by atoms with Gasteiger partial charge in [0.25, 0.3) is 5.91 Å². The van der Waals surface area contributed by atoms with Gasteiger partial charge in [0.05, 0.1) is 11.6 Å². The number of rotatable bonds is 5. The highest BCUT2D eigenvalue weighted by Crippen LogP contribution is 2.42. The average Bonchev–Trinajstić information content (AvgIpc) is 3.44. The van der Waals surface area contributed by atoms with Gasteiger partial charge in [-0.25, -0.2) is 0 Å². The van der Waals surface area contributed by atoms with Gasteiger partial charge in [0, 0.05) is 34.6 Å². The molecule has 1 aliphatic heterocycles. The van der Waals surface area contributed by atoms with Crippen molar-refractivity contribution >= 4 is 33.6 Å². The molecule has 0 saturated heterocycles. The lowest BCUT2D eigenvalue weighted by molar-refractivity contribution is -0.129. The third-order valence-corrected chi connectivity index (χ3v) is 5.58. The first-order valence-corrected chi connectivity index (χ1v) is 9.93. The molecule has 6 nitrogen and oxygen atoms in total. The number of carbonyl (C=O) groups excluding carboxylic acids is 2. The lowest BCUT2D eigenvalue weighted by atomic mass is 9.94. The van der Waals surface area contributed by atoms with Crippen LogP contribution in [0, 0.1) is 0 Å². The molecule has 2 aromatic carbocycles. The molecule has 0 spiro atoms. The van der Waals surface area contributed by atoms with Crippen molar-refractivity contribution in [1.82, 2.24) is 9.88 Å². The number of carbonyl (C=O) groups is 2. The highest BCUT2D eigenvalue weighted by molar-refractivity contribution is 6.16. The Bertz CT molecular complexity index is 1290. The van der Waals surface area contributed by atoms with Crippen LogP contribution >= 0.6 is 0 Å². The highest BCUT2D eigenvalue weighted by atomic mass is 16.3. The molecule has 1 aliphatic rings. The summed E-state index contributed by atoms with van der Waals surface area (Å²) in [7, 11) is 0. The molecule has 30 heavy (non-hydrogen) atoms. The van der Waals surface area contributed by atoms with Crippen molar-refractivity contribution in [2.75, 3.05) is 6.54 Å². The number of benzene rings is 2. The van der Waals surface area contributed by atoms with E-state index in [-0.39, 0.29) is 11.3 Å². The molecule has 1 unspecified atom stereocenters. The number of hydrogen-bond donors (Lipinski definition) is 2.